The molecule has 10 heteroatoms. The zero-order valence-corrected chi connectivity index (χ0v) is 19.9. The van der Waals surface area contributed by atoms with E-state index in [1.54, 1.807) is 23.1 Å². The monoisotopic (exact) mass is 482 g/mol. The summed E-state index contributed by atoms with van der Waals surface area (Å²) in [5, 5.41) is 11.6. The van der Waals surface area contributed by atoms with Crippen LogP contribution in [0.15, 0.2) is 42.5 Å². The number of nitrogens with zero attached hydrogens (tertiary/aromatic N) is 4. The third-order valence-corrected chi connectivity index (χ3v) is 6.61. The van der Waals surface area contributed by atoms with Gasteiger partial charge in [-0.2, -0.15) is 0 Å². The Balaban J connectivity index is 1.62. The lowest BCUT2D eigenvalue weighted by Gasteiger charge is -2.23. The Morgan fingerprint density at radius 2 is 1.88 bits per heavy atom. The summed E-state index contributed by atoms with van der Waals surface area (Å²) in [6, 6.07) is 9.92. The number of ether oxygens (including phenoxy) is 2. The Kier molecular flexibility index (Phi) is 7.39. The first-order valence-electron chi connectivity index (χ1n) is 11.1. The van der Waals surface area contributed by atoms with Crippen molar-refractivity contribution in [1.29, 1.82) is 0 Å². The number of non-ortho nitro benzene ring substituents is 1. The predicted octanol–water partition coefficient (Wildman–Crippen LogP) is 4.36. The molecule has 3 aromatic rings. The molecular formula is C24H26N4O5S. The van der Waals surface area contributed by atoms with E-state index in [9.17, 15) is 14.9 Å². The minimum absolute atomic E-state index is 0.0208. The number of aromatic nitrogens is 1. The van der Waals surface area contributed by atoms with Crippen LogP contribution in [0.5, 0.6) is 11.5 Å². The topological polar surface area (TPSA) is 98.0 Å². The minimum atomic E-state index is -0.455. The fourth-order valence-corrected chi connectivity index (χ4v) is 4.66. The molecule has 0 spiro atoms. The van der Waals surface area contributed by atoms with Crippen molar-refractivity contribution in [1.82, 2.24) is 9.88 Å². The molecule has 2 aromatic carbocycles. The van der Waals surface area contributed by atoms with Crippen LogP contribution in [0.2, 0.25) is 0 Å². The van der Waals surface area contributed by atoms with E-state index in [-0.39, 0.29) is 11.6 Å². The van der Waals surface area contributed by atoms with Gasteiger partial charge in [-0.15, -0.1) is 0 Å². The average Bonchev–Trinajstić information content (AvgIpc) is 3.26. The first-order chi connectivity index (χ1) is 16.5. The number of fused-ring (bicyclic) bond motifs is 2. The van der Waals surface area contributed by atoms with Gasteiger partial charge >= 0.3 is 0 Å². The van der Waals surface area contributed by atoms with Crippen LogP contribution in [-0.2, 0) is 4.79 Å². The van der Waals surface area contributed by atoms with E-state index in [1.165, 1.54) is 29.5 Å². The zero-order chi connectivity index (χ0) is 24.1. The van der Waals surface area contributed by atoms with E-state index in [0.29, 0.717) is 48.5 Å². The van der Waals surface area contributed by atoms with Crippen LogP contribution in [0, 0.1) is 10.1 Å². The summed E-state index contributed by atoms with van der Waals surface area (Å²) in [4.78, 5) is 32.5. The van der Waals surface area contributed by atoms with Crippen molar-refractivity contribution in [3.05, 3.63) is 58.2 Å². The van der Waals surface area contributed by atoms with Gasteiger partial charge < -0.3 is 14.4 Å². The van der Waals surface area contributed by atoms with Crippen molar-refractivity contribution >= 4 is 44.4 Å². The van der Waals surface area contributed by atoms with E-state index < -0.39 is 4.92 Å². The maximum absolute atomic E-state index is 13.3. The molecule has 1 aromatic heterocycles. The lowest BCUT2D eigenvalue weighted by atomic mass is 10.2. The number of hydrogen-bond acceptors (Lipinski definition) is 8. The van der Waals surface area contributed by atoms with Gasteiger partial charge in [0.05, 0.1) is 15.1 Å². The maximum atomic E-state index is 13.3. The number of nitro groups is 1. The lowest BCUT2D eigenvalue weighted by Crippen LogP contribution is -2.38. The molecule has 0 bridgehead atoms. The third kappa shape index (κ3) is 5.35. The highest BCUT2D eigenvalue weighted by Gasteiger charge is 2.21. The Morgan fingerprint density at radius 3 is 2.59 bits per heavy atom. The first-order valence-corrected chi connectivity index (χ1v) is 12.0. The van der Waals surface area contributed by atoms with E-state index in [2.05, 4.69) is 18.7 Å². The normalized spacial score (nSPS) is 13.0. The molecule has 2 heterocycles. The molecular weight excluding hydrogens is 456 g/mol. The summed E-state index contributed by atoms with van der Waals surface area (Å²) in [7, 11) is 0. The van der Waals surface area contributed by atoms with E-state index in [1.807, 2.05) is 12.1 Å². The number of amides is 1. The first kappa shape index (κ1) is 23.7. The van der Waals surface area contributed by atoms with Crippen LogP contribution in [0.1, 0.15) is 19.4 Å². The zero-order valence-electron chi connectivity index (χ0n) is 19.1. The van der Waals surface area contributed by atoms with Gasteiger partial charge in [0.2, 0.25) is 0 Å². The molecule has 0 unspecified atom stereocenters. The number of hydrogen-bond donors (Lipinski definition) is 0. The molecule has 0 aliphatic carbocycles. The predicted molar refractivity (Wildman–Crippen MR) is 133 cm³/mol. The summed E-state index contributed by atoms with van der Waals surface area (Å²) in [5.74, 6) is 1.10. The van der Waals surface area contributed by atoms with Gasteiger partial charge in [0.1, 0.15) is 13.2 Å². The SMILES string of the molecule is CCN(CC)CCN(C(=O)/C=C/c1cccc([N+](=O)[O-])c1)c1nc2cc3c(cc2s1)OCCO3. The molecule has 9 nitrogen and oxygen atoms in total. The smallest absolute Gasteiger partial charge is 0.270 e. The van der Waals surface area contributed by atoms with Crippen molar-refractivity contribution in [3.63, 3.8) is 0 Å². The molecule has 0 saturated carbocycles. The van der Waals surface area contributed by atoms with Crippen molar-refractivity contribution in [2.45, 2.75) is 13.8 Å². The van der Waals surface area contributed by atoms with Crippen LogP contribution >= 0.6 is 11.3 Å². The molecule has 0 radical (unpaired) electrons. The molecule has 34 heavy (non-hydrogen) atoms. The van der Waals surface area contributed by atoms with Crippen LogP contribution in [0.4, 0.5) is 10.8 Å². The highest BCUT2D eigenvalue weighted by atomic mass is 32.1. The number of nitro benzene ring substituents is 1. The Labute approximate surface area is 201 Å². The summed E-state index contributed by atoms with van der Waals surface area (Å²) >= 11 is 1.42. The van der Waals surface area contributed by atoms with Crippen LogP contribution in [0.3, 0.4) is 0 Å². The second-order valence-electron chi connectivity index (χ2n) is 7.66. The van der Waals surface area contributed by atoms with Gasteiger partial charge in [-0.3, -0.25) is 19.8 Å². The molecule has 1 aliphatic heterocycles. The Bertz CT molecular complexity index is 1180. The highest BCUT2D eigenvalue weighted by molar-refractivity contribution is 7.22. The van der Waals surface area contributed by atoms with Gasteiger partial charge in [0.25, 0.3) is 11.6 Å². The number of likely N-dealkylation sites (N-methyl/N-ethyl adjacent to an activating group) is 1. The molecule has 178 valence electrons. The van der Waals surface area contributed by atoms with E-state index >= 15 is 0 Å². The van der Waals surface area contributed by atoms with Gasteiger partial charge in [0.15, 0.2) is 16.6 Å². The highest BCUT2D eigenvalue weighted by Crippen LogP contribution is 2.38. The molecule has 1 amide bonds. The maximum Gasteiger partial charge on any atom is 0.270 e. The fourth-order valence-electron chi connectivity index (χ4n) is 3.65. The second kappa shape index (κ2) is 10.6. The summed E-state index contributed by atoms with van der Waals surface area (Å²) < 4.78 is 12.2. The minimum Gasteiger partial charge on any atom is -0.486 e. The summed E-state index contributed by atoms with van der Waals surface area (Å²) in [6.07, 6.45) is 3.03. The summed E-state index contributed by atoms with van der Waals surface area (Å²) in [6.45, 7) is 8.08. The Hall–Kier alpha value is -3.50. The van der Waals surface area contributed by atoms with Crippen LogP contribution < -0.4 is 14.4 Å². The molecule has 0 saturated heterocycles. The summed E-state index contributed by atoms with van der Waals surface area (Å²) in [5.41, 5.74) is 1.30. The second-order valence-corrected chi connectivity index (χ2v) is 8.67. The number of carbonyl (C=O) groups excluding carboxylic acids is 1. The van der Waals surface area contributed by atoms with Crippen molar-refractivity contribution in [3.8, 4) is 11.5 Å². The van der Waals surface area contributed by atoms with Crippen molar-refractivity contribution in [2.24, 2.45) is 0 Å². The van der Waals surface area contributed by atoms with E-state index in [0.717, 1.165) is 23.3 Å². The molecule has 0 N–H and O–H groups in total. The molecule has 1 aliphatic rings. The third-order valence-electron chi connectivity index (χ3n) is 5.57. The molecule has 0 atom stereocenters. The quantitative estimate of drug-likeness (QED) is 0.254. The number of benzene rings is 2. The largest absolute Gasteiger partial charge is 0.486 e. The van der Waals surface area contributed by atoms with Crippen LogP contribution in [-0.4, -0.2) is 60.1 Å². The van der Waals surface area contributed by atoms with Crippen molar-refractivity contribution in [2.75, 3.05) is 44.3 Å². The lowest BCUT2D eigenvalue weighted by molar-refractivity contribution is -0.384. The van der Waals surface area contributed by atoms with Gasteiger partial charge in [-0.1, -0.05) is 37.3 Å². The van der Waals surface area contributed by atoms with Gasteiger partial charge in [-0.05, 0) is 24.7 Å². The number of carbonyl (C=O) groups is 1. The van der Waals surface area contributed by atoms with Crippen LogP contribution in [0.25, 0.3) is 16.3 Å². The molecule has 0 fully saturated rings. The average molecular weight is 483 g/mol. The van der Waals surface area contributed by atoms with Crippen molar-refractivity contribution < 1.29 is 19.2 Å². The Morgan fingerprint density at radius 1 is 1.15 bits per heavy atom. The standard InChI is InChI=1S/C24H26N4O5S/c1-3-26(4-2)10-11-27(23(29)9-8-17-6-5-7-18(14-17)28(30)31)24-25-19-15-20-21(16-22(19)34-24)33-13-12-32-20/h5-9,14-16H,3-4,10-13H2,1-2H3/b9-8+. The number of anilines is 1. The van der Waals surface area contributed by atoms with E-state index in [4.69, 9.17) is 14.5 Å². The molecule has 4 rings (SSSR count). The van der Waals surface area contributed by atoms with Gasteiger partial charge in [-0.25, -0.2) is 4.98 Å². The number of rotatable bonds is 9. The fraction of sp³-hybridized carbons (Fsp3) is 0.333. The number of thiazole rings is 1. The van der Waals surface area contributed by atoms with Gasteiger partial charge in [0, 0.05) is 43.4 Å².